The van der Waals surface area contributed by atoms with Gasteiger partial charge < -0.3 is 10.2 Å². The first-order valence-electron chi connectivity index (χ1n) is 6.60. The van der Waals surface area contributed by atoms with E-state index in [1.54, 1.807) is 12.3 Å². The molecule has 1 amide bonds. The maximum absolute atomic E-state index is 12.4. The highest BCUT2D eigenvalue weighted by Gasteiger charge is 2.29. The third-order valence-corrected chi connectivity index (χ3v) is 3.60. The van der Waals surface area contributed by atoms with Crippen molar-refractivity contribution in [2.45, 2.75) is 31.7 Å². The lowest BCUT2D eigenvalue weighted by atomic mass is 10.2. The number of hydrogen-bond donors (Lipinski definition) is 1. The minimum Gasteiger partial charge on any atom is -0.332 e. The lowest BCUT2D eigenvalue weighted by Gasteiger charge is -2.33. The molecule has 1 aliphatic carbocycles. The van der Waals surface area contributed by atoms with Crippen LogP contribution >= 0.6 is 0 Å². The SMILES string of the molecule is C[C@H]1CNCCN1C(=O)c1ccnc(C2CC2)n1. The summed E-state index contributed by atoms with van der Waals surface area (Å²) in [7, 11) is 0. The molecule has 0 aromatic carbocycles. The van der Waals surface area contributed by atoms with E-state index in [4.69, 9.17) is 0 Å². The highest BCUT2D eigenvalue weighted by atomic mass is 16.2. The van der Waals surface area contributed by atoms with Gasteiger partial charge in [0.15, 0.2) is 0 Å². The molecule has 1 N–H and O–H groups in total. The standard InChI is InChI=1S/C13H18N4O/c1-9-8-14-6-7-17(9)13(18)11-4-5-15-12(16-11)10-2-3-10/h4-5,9-10,14H,2-3,6-8H2,1H3/t9-/m0/s1. The fraction of sp³-hybridized carbons (Fsp3) is 0.615. The van der Waals surface area contributed by atoms with Crippen molar-refractivity contribution in [3.8, 4) is 0 Å². The molecule has 1 aromatic rings. The molecule has 1 saturated heterocycles. The lowest BCUT2D eigenvalue weighted by molar-refractivity contribution is 0.0649. The minimum atomic E-state index is 0.0355. The van der Waals surface area contributed by atoms with E-state index >= 15 is 0 Å². The Morgan fingerprint density at radius 2 is 2.33 bits per heavy atom. The van der Waals surface area contributed by atoms with E-state index in [2.05, 4.69) is 22.2 Å². The summed E-state index contributed by atoms with van der Waals surface area (Å²) in [6.45, 7) is 4.53. The third-order valence-electron chi connectivity index (χ3n) is 3.60. The van der Waals surface area contributed by atoms with E-state index in [-0.39, 0.29) is 11.9 Å². The number of carbonyl (C=O) groups excluding carboxylic acids is 1. The van der Waals surface area contributed by atoms with Crippen molar-refractivity contribution >= 4 is 5.91 Å². The van der Waals surface area contributed by atoms with Crippen LogP contribution < -0.4 is 5.32 Å². The molecule has 1 atom stereocenters. The van der Waals surface area contributed by atoms with Crippen molar-refractivity contribution in [2.24, 2.45) is 0 Å². The molecule has 1 aliphatic heterocycles. The summed E-state index contributed by atoms with van der Waals surface area (Å²) in [5, 5.41) is 3.28. The second-order valence-corrected chi connectivity index (χ2v) is 5.13. The summed E-state index contributed by atoms with van der Waals surface area (Å²) in [5.74, 6) is 1.36. The van der Waals surface area contributed by atoms with Crippen LogP contribution in [0.25, 0.3) is 0 Å². The van der Waals surface area contributed by atoms with Gasteiger partial charge in [-0.2, -0.15) is 0 Å². The Balaban J connectivity index is 1.80. The molecular weight excluding hydrogens is 228 g/mol. The van der Waals surface area contributed by atoms with Crippen LogP contribution in [0, 0.1) is 0 Å². The number of nitrogens with one attached hydrogen (secondary N) is 1. The van der Waals surface area contributed by atoms with Crippen LogP contribution in [0.2, 0.25) is 0 Å². The Morgan fingerprint density at radius 1 is 1.50 bits per heavy atom. The van der Waals surface area contributed by atoms with E-state index in [1.165, 1.54) is 0 Å². The molecule has 0 bridgehead atoms. The van der Waals surface area contributed by atoms with Gasteiger partial charge in [-0.3, -0.25) is 4.79 Å². The van der Waals surface area contributed by atoms with Crippen molar-refractivity contribution in [1.29, 1.82) is 0 Å². The number of carbonyl (C=O) groups is 1. The topological polar surface area (TPSA) is 58.1 Å². The van der Waals surface area contributed by atoms with Crippen molar-refractivity contribution in [3.05, 3.63) is 23.8 Å². The van der Waals surface area contributed by atoms with Crippen LogP contribution in [0.3, 0.4) is 0 Å². The summed E-state index contributed by atoms with van der Waals surface area (Å²) in [6, 6.07) is 1.95. The van der Waals surface area contributed by atoms with Crippen molar-refractivity contribution in [2.75, 3.05) is 19.6 Å². The van der Waals surface area contributed by atoms with Gasteiger partial charge in [0.05, 0.1) is 0 Å². The first-order valence-corrected chi connectivity index (χ1v) is 6.60. The molecule has 5 nitrogen and oxygen atoms in total. The molecule has 0 unspecified atom stereocenters. The summed E-state index contributed by atoms with van der Waals surface area (Å²) >= 11 is 0. The van der Waals surface area contributed by atoms with Crippen LogP contribution in [0.4, 0.5) is 0 Å². The Kier molecular flexibility index (Phi) is 2.99. The zero-order valence-corrected chi connectivity index (χ0v) is 10.6. The Morgan fingerprint density at radius 3 is 3.06 bits per heavy atom. The molecule has 96 valence electrons. The molecule has 5 heteroatoms. The molecule has 2 heterocycles. The molecule has 0 radical (unpaired) electrons. The highest BCUT2D eigenvalue weighted by Crippen LogP contribution is 2.37. The van der Waals surface area contributed by atoms with E-state index in [0.717, 1.165) is 38.3 Å². The normalized spacial score (nSPS) is 24.1. The van der Waals surface area contributed by atoms with Gasteiger partial charge >= 0.3 is 0 Å². The Labute approximate surface area is 107 Å². The number of amides is 1. The van der Waals surface area contributed by atoms with Gasteiger partial charge in [-0.25, -0.2) is 9.97 Å². The molecule has 18 heavy (non-hydrogen) atoms. The number of nitrogens with zero attached hydrogens (tertiary/aromatic N) is 3. The summed E-state index contributed by atoms with van der Waals surface area (Å²) < 4.78 is 0. The summed E-state index contributed by atoms with van der Waals surface area (Å²) in [4.78, 5) is 23.0. The van der Waals surface area contributed by atoms with Crippen LogP contribution in [0.15, 0.2) is 12.3 Å². The van der Waals surface area contributed by atoms with Crippen LogP contribution in [0.5, 0.6) is 0 Å². The van der Waals surface area contributed by atoms with Gasteiger partial charge in [-0.15, -0.1) is 0 Å². The maximum Gasteiger partial charge on any atom is 0.272 e. The molecule has 2 fully saturated rings. The maximum atomic E-state index is 12.4. The summed E-state index contributed by atoms with van der Waals surface area (Å²) in [5.41, 5.74) is 0.542. The molecule has 3 rings (SSSR count). The predicted octanol–water partition coefficient (Wildman–Crippen LogP) is 0.788. The fourth-order valence-electron chi connectivity index (χ4n) is 2.32. The molecule has 0 spiro atoms. The quantitative estimate of drug-likeness (QED) is 0.838. The van der Waals surface area contributed by atoms with E-state index in [1.807, 2.05) is 4.90 Å². The monoisotopic (exact) mass is 246 g/mol. The smallest absolute Gasteiger partial charge is 0.272 e. The van der Waals surface area contributed by atoms with Crippen LogP contribution in [-0.2, 0) is 0 Å². The van der Waals surface area contributed by atoms with Gasteiger partial charge in [-0.05, 0) is 25.8 Å². The summed E-state index contributed by atoms with van der Waals surface area (Å²) in [6.07, 6.45) is 4.02. The molecule has 1 saturated carbocycles. The predicted molar refractivity (Wildman–Crippen MR) is 67.4 cm³/mol. The number of piperazine rings is 1. The average molecular weight is 246 g/mol. The largest absolute Gasteiger partial charge is 0.332 e. The Hall–Kier alpha value is -1.49. The molecule has 1 aromatic heterocycles. The zero-order valence-electron chi connectivity index (χ0n) is 10.6. The minimum absolute atomic E-state index is 0.0355. The fourth-order valence-corrected chi connectivity index (χ4v) is 2.32. The van der Waals surface area contributed by atoms with Crippen molar-refractivity contribution in [3.63, 3.8) is 0 Å². The highest BCUT2D eigenvalue weighted by molar-refractivity contribution is 5.92. The zero-order chi connectivity index (χ0) is 12.5. The molecular formula is C13H18N4O. The average Bonchev–Trinajstić information content (AvgIpc) is 3.23. The van der Waals surface area contributed by atoms with Gasteiger partial charge in [0, 0.05) is 37.8 Å². The van der Waals surface area contributed by atoms with Gasteiger partial charge in [0.1, 0.15) is 11.5 Å². The number of hydrogen-bond acceptors (Lipinski definition) is 4. The van der Waals surface area contributed by atoms with Gasteiger partial charge in [-0.1, -0.05) is 0 Å². The molecule has 2 aliphatic rings. The van der Waals surface area contributed by atoms with Gasteiger partial charge in [0.25, 0.3) is 5.91 Å². The second-order valence-electron chi connectivity index (χ2n) is 5.13. The van der Waals surface area contributed by atoms with Crippen LogP contribution in [-0.4, -0.2) is 46.5 Å². The first-order chi connectivity index (χ1) is 8.75. The first kappa shape index (κ1) is 11.6. The van der Waals surface area contributed by atoms with Crippen molar-refractivity contribution in [1.82, 2.24) is 20.2 Å². The van der Waals surface area contributed by atoms with E-state index < -0.39 is 0 Å². The second kappa shape index (κ2) is 4.65. The van der Waals surface area contributed by atoms with Crippen LogP contribution in [0.1, 0.15) is 42.0 Å². The van der Waals surface area contributed by atoms with Gasteiger partial charge in [0.2, 0.25) is 0 Å². The number of rotatable bonds is 2. The Bertz CT molecular complexity index is 458. The third kappa shape index (κ3) is 2.22. The number of aromatic nitrogens is 2. The van der Waals surface area contributed by atoms with E-state index in [0.29, 0.717) is 11.6 Å². The lowest BCUT2D eigenvalue weighted by Crippen LogP contribution is -2.52. The van der Waals surface area contributed by atoms with Crippen molar-refractivity contribution < 1.29 is 4.79 Å². The van der Waals surface area contributed by atoms with E-state index in [9.17, 15) is 4.79 Å².